The number of hydrogen-bond donors (Lipinski definition) is 1. The standard InChI is InChI=1S/C26H29F2N7O4/c27-23(28)24-30-17-4-1-2-6-19(17)35(24)20-12-22(32-26(31-20)33-8-10-38-11-9-33)39-15-16-13-34(14-16)25(37)18-5-3-7-21(36)29-18/h1-2,4,6,12,16,18,23H,3,5,7-11,13-15H2,(H,29,36). The second-order valence-electron chi connectivity index (χ2n) is 9.99. The summed E-state index contributed by atoms with van der Waals surface area (Å²) in [5.74, 6) is 0.386. The van der Waals surface area contributed by atoms with Crippen LogP contribution in [-0.2, 0) is 14.3 Å². The Morgan fingerprint density at radius 3 is 2.72 bits per heavy atom. The van der Waals surface area contributed by atoms with E-state index >= 15 is 0 Å². The number of rotatable bonds is 7. The van der Waals surface area contributed by atoms with Gasteiger partial charge in [0.1, 0.15) is 11.9 Å². The Bertz CT molecular complexity index is 1370. The van der Waals surface area contributed by atoms with Gasteiger partial charge >= 0.3 is 0 Å². The lowest BCUT2D eigenvalue weighted by molar-refractivity contribution is -0.144. The highest BCUT2D eigenvalue weighted by molar-refractivity contribution is 5.89. The molecule has 0 aliphatic carbocycles. The zero-order valence-corrected chi connectivity index (χ0v) is 21.3. The average Bonchev–Trinajstić information content (AvgIpc) is 3.33. The summed E-state index contributed by atoms with van der Waals surface area (Å²) in [6, 6.07) is 8.00. The molecular formula is C26H29F2N7O4. The molecule has 3 saturated heterocycles. The highest BCUT2D eigenvalue weighted by Gasteiger charge is 2.36. The number of carbonyl (C=O) groups excluding carboxylic acids is 2. The third kappa shape index (κ3) is 5.22. The number of morpholine rings is 1. The number of hydrogen-bond acceptors (Lipinski definition) is 8. The smallest absolute Gasteiger partial charge is 0.296 e. The van der Waals surface area contributed by atoms with Crippen molar-refractivity contribution in [2.45, 2.75) is 31.7 Å². The van der Waals surface area contributed by atoms with Gasteiger partial charge in [0.25, 0.3) is 6.43 Å². The van der Waals surface area contributed by atoms with Crippen molar-refractivity contribution >= 4 is 28.8 Å². The molecule has 0 spiro atoms. The molecule has 2 aromatic heterocycles. The van der Waals surface area contributed by atoms with E-state index in [0.717, 1.165) is 0 Å². The summed E-state index contributed by atoms with van der Waals surface area (Å²) in [7, 11) is 0. The molecule has 3 aromatic rings. The Morgan fingerprint density at radius 1 is 1.15 bits per heavy atom. The zero-order valence-electron chi connectivity index (χ0n) is 21.3. The molecule has 3 aliphatic rings. The van der Waals surface area contributed by atoms with Crippen molar-refractivity contribution in [2.24, 2.45) is 5.92 Å². The maximum Gasteiger partial charge on any atom is 0.296 e. The number of nitrogens with one attached hydrogen (secondary N) is 1. The first-order chi connectivity index (χ1) is 19.0. The largest absolute Gasteiger partial charge is 0.477 e. The summed E-state index contributed by atoms with van der Waals surface area (Å²) in [6.07, 6.45) is -0.985. The van der Waals surface area contributed by atoms with Gasteiger partial charge in [0.05, 0.1) is 30.9 Å². The molecule has 11 nitrogen and oxygen atoms in total. The van der Waals surface area contributed by atoms with Crippen LogP contribution in [-0.4, -0.2) is 88.3 Å². The Hall–Kier alpha value is -3.87. The van der Waals surface area contributed by atoms with Crippen molar-refractivity contribution in [2.75, 3.05) is 50.9 Å². The van der Waals surface area contributed by atoms with Crippen molar-refractivity contribution in [3.8, 4) is 11.7 Å². The normalized spacial score (nSPS) is 20.3. The summed E-state index contributed by atoms with van der Waals surface area (Å²) in [5.41, 5.74) is 0.948. The quantitative estimate of drug-likeness (QED) is 0.484. The van der Waals surface area contributed by atoms with Gasteiger partial charge in [-0.2, -0.15) is 9.97 Å². The summed E-state index contributed by atoms with van der Waals surface area (Å²) in [4.78, 5) is 41.3. The molecule has 1 aromatic carbocycles. The first kappa shape index (κ1) is 25.4. The summed E-state index contributed by atoms with van der Waals surface area (Å²) >= 11 is 0. The molecule has 6 rings (SSSR count). The number of para-hydroxylation sites is 2. The minimum absolute atomic E-state index is 0.0651. The molecular weight excluding hydrogens is 512 g/mol. The van der Waals surface area contributed by atoms with Crippen LogP contribution >= 0.6 is 0 Å². The Labute approximate surface area is 223 Å². The van der Waals surface area contributed by atoms with E-state index in [1.165, 1.54) is 4.57 Å². The molecule has 0 bridgehead atoms. The van der Waals surface area contributed by atoms with Gasteiger partial charge in [0.15, 0.2) is 5.82 Å². The molecule has 3 fully saturated rings. The molecule has 39 heavy (non-hydrogen) atoms. The van der Waals surface area contributed by atoms with Gasteiger partial charge in [0.2, 0.25) is 23.6 Å². The summed E-state index contributed by atoms with van der Waals surface area (Å²) in [5, 5.41) is 2.77. The number of likely N-dealkylation sites (tertiary alicyclic amines) is 1. The molecule has 0 radical (unpaired) electrons. The number of ether oxygens (including phenoxy) is 2. The van der Waals surface area contributed by atoms with E-state index in [-0.39, 0.29) is 29.4 Å². The minimum atomic E-state index is -2.81. The van der Waals surface area contributed by atoms with Gasteiger partial charge in [-0.15, -0.1) is 0 Å². The minimum Gasteiger partial charge on any atom is -0.477 e. The lowest BCUT2D eigenvalue weighted by Gasteiger charge is -2.41. The van der Waals surface area contributed by atoms with Gasteiger partial charge in [0, 0.05) is 44.6 Å². The first-order valence-electron chi connectivity index (χ1n) is 13.1. The fourth-order valence-corrected chi connectivity index (χ4v) is 5.20. The zero-order chi connectivity index (χ0) is 26.9. The molecule has 1 N–H and O–H groups in total. The molecule has 5 heterocycles. The molecule has 13 heteroatoms. The number of fused-ring (bicyclic) bond motifs is 1. The number of anilines is 1. The van der Waals surface area contributed by atoms with Crippen LogP contribution in [0.3, 0.4) is 0 Å². The number of amides is 2. The van der Waals surface area contributed by atoms with Crippen molar-refractivity contribution < 1.29 is 27.8 Å². The Kier molecular flexibility index (Phi) is 6.98. The second-order valence-corrected chi connectivity index (χ2v) is 9.99. The van der Waals surface area contributed by atoms with E-state index < -0.39 is 18.3 Å². The van der Waals surface area contributed by atoms with Crippen LogP contribution in [0.5, 0.6) is 5.88 Å². The van der Waals surface area contributed by atoms with Crippen LogP contribution in [0.15, 0.2) is 30.3 Å². The van der Waals surface area contributed by atoms with Crippen molar-refractivity contribution in [1.82, 2.24) is 29.7 Å². The van der Waals surface area contributed by atoms with Gasteiger partial charge in [-0.1, -0.05) is 12.1 Å². The molecule has 0 saturated carbocycles. The highest BCUT2D eigenvalue weighted by Crippen LogP contribution is 2.30. The molecule has 1 atom stereocenters. The van der Waals surface area contributed by atoms with Gasteiger partial charge in [-0.25, -0.2) is 13.8 Å². The van der Waals surface area contributed by atoms with E-state index in [9.17, 15) is 18.4 Å². The lowest BCUT2D eigenvalue weighted by Crippen LogP contribution is -2.58. The maximum atomic E-state index is 14.0. The molecule has 206 valence electrons. The van der Waals surface area contributed by atoms with Gasteiger partial charge in [-0.05, 0) is 25.0 Å². The van der Waals surface area contributed by atoms with E-state index in [2.05, 4.69) is 20.3 Å². The van der Waals surface area contributed by atoms with Crippen LogP contribution in [0.25, 0.3) is 16.9 Å². The number of alkyl halides is 2. The number of benzene rings is 1. The van der Waals surface area contributed by atoms with Crippen molar-refractivity contribution in [3.05, 3.63) is 36.2 Å². The predicted molar refractivity (Wildman–Crippen MR) is 136 cm³/mol. The fourth-order valence-electron chi connectivity index (χ4n) is 5.20. The van der Waals surface area contributed by atoms with Gasteiger partial charge in [-0.3, -0.25) is 14.2 Å². The second kappa shape index (κ2) is 10.7. The highest BCUT2D eigenvalue weighted by atomic mass is 19.3. The number of halogens is 2. The van der Waals surface area contributed by atoms with E-state index in [4.69, 9.17) is 9.47 Å². The predicted octanol–water partition coefficient (Wildman–Crippen LogP) is 2.10. The van der Waals surface area contributed by atoms with Crippen LogP contribution in [0.2, 0.25) is 0 Å². The average molecular weight is 542 g/mol. The molecule has 2 amide bonds. The van der Waals surface area contributed by atoms with Crippen LogP contribution in [0, 0.1) is 5.92 Å². The fraction of sp³-hybridized carbons (Fsp3) is 0.500. The van der Waals surface area contributed by atoms with Crippen LogP contribution in [0.4, 0.5) is 14.7 Å². The number of piperidine rings is 1. The summed E-state index contributed by atoms with van der Waals surface area (Å²) in [6.45, 7) is 3.47. The first-order valence-corrected chi connectivity index (χ1v) is 13.1. The molecule has 3 aliphatic heterocycles. The van der Waals surface area contributed by atoms with Crippen LogP contribution < -0.4 is 15.0 Å². The number of carbonyl (C=O) groups is 2. The third-order valence-electron chi connectivity index (χ3n) is 7.25. The van der Waals surface area contributed by atoms with Crippen molar-refractivity contribution in [1.29, 1.82) is 0 Å². The SMILES string of the molecule is O=C1CCCC(C(=O)N2CC(COc3cc(-n4c(C(F)F)nc5ccccc54)nc(N4CCOCC4)n3)C2)N1. The third-order valence-corrected chi connectivity index (χ3v) is 7.25. The number of aromatic nitrogens is 4. The Balaban J connectivity index is 1.22. The molecule has 1 unspecified atom stereocenters. The van der Waals surface area contributed by atoms with Gasteiger partial charge < -0.3 is 24.6 Å². The Morgan fingerprint density at radius 2 is 1.95 bits per heavy atom. The summed E-state index contributed by atoms with van der Waals surface area (Å²) < 4.78 is 40.9. The van der Waals surface area contributed by atoms with Crippen molar-refractivity contribution in [3.63, 3.8) is 0 Å². The topological polar surface area (TPSA) is 115 Å². The van der Waals surface area contributed by atoms with E-state index in [1.54, 1.807) is 35.2 Å². The lowest BCUT2D eigenvalue weighted by atomic mass is 9.97. The number of nitrogens with zero attached hydrogens (tertiary/aromatic N) is 6. The van der Waals surface area contributed by atoms with E-state index in [0.29, 0.717) is 82.2 Å². The maximum absolute atomic E-state index is 14.0. The van der Waals surface area contributed by atoms with Crippen LogP contribution in [0.1, 0.15) is 31.5 Å². The monoisotopic (exact) mass is 541 g/mol. The number of imidazole rings is 1. The van der Waals surface area contributed by atoms with E-state index in [1.807, 2.05) is 4.90 Å².